The van der Waals surface area contributed by atoms with Gasteiger partial charge >= 0.3 is 0 Å². The third-order valence-electron chi connectivity index (χ3n) is 5.29. The van der Waals surface area contributed by atoms with Crippen LogP contribution in [0, 0.1) is 5.92 Å². The Kier molecular flexibility index (Phi) is 5.78. The largest absolute Gasteiger partial charge is 0.493 e. The van der Waals surface area contributed by atoms with E-state index in [4.69, 9.17) is 23.7 Å². The van der Waals surface area contributed by atoms with Crippen LogP contribution in [0.15, 0.2) is 30.0 Å². The van der Waals surface area contributed by atoms with Crippen LogP contribution in [0.4, 0.5) is 0 Å². The number of hydrogen-bond donors (Lipinski definition) is 0. The van der Waals surface area contributed by atoms with Crippen LogP contribution >= 0.6 is 0 Å². The van der Waals surface area contributed by atoms with Crippen molar-refractivity contribution in [3.8, 4) is 28.7 Å². The Balaban J connectivity index is 1.68. The molecular weight excluding hydrogens is 398 g/mol. The number of carbonyl (C=O) groups is 1. The molecule has 31 heavy (non-hydrogen) atoms. The van der Waals surface area contributed by atoms with Crippen LogP contribution in [0.3, 0.4) is 0 Å². The number of ether oxygens (including phenoxy) is 5. The predicted octanol–water partition coefficient (Wildman–Crippen LogP) is 4.14. The summed E-state index contributed by atoms with van der Waals surface area (Å²) in [5.41, 5.74) is 2.16. The number of allylic oxidation sites excluding steroid dienone is 1. The van der Waals surface area contributed by atoms with Gasteiger partial charge in [0.2, 0.25) is 11.5 Å². The van der Waals surface area contributed by atoms with Crippen molar-refractivity contribution in [1.82, 2.24) is 4.90 Å². The van der Waals surface area contributed by atoms with Gasteiger partial charge in [-0.15, -0.1) is 0 Å². The number of Topliss-reactive ketones (excluding diaryl/α,β-unsaturated/α-hetero) is 1. The molecule has 0 saturated carbocycles. The Labute approximate surface area is 182 Å². The molecule has 0 aliphatic carbocycles. The minimum Gasteiger partial charge on any atom is -0.493 e. The van der Waals surface area contributed by atoms with Gasteiger partial charge in [-0.25, -0.2) is 0 Å². The first-order valence-corrected chi connectivity index (χ1v) is 10.2. The Morgan fingerprint density at radius 2 is 1.81 bits per heavy atom. The molecule has 0 unspecified atom stereocenters. The fourth-order valence-corrected chi connectivity index (χ4v) is 3.97. The number of ketones is 1. The highest BCUT2D eigenvalue weighted by Gasteiger charge is 2.33. The Bertz CT molecular complexity index is 1020. The molecule has 7 heteroatoms. The molecule has 0 saturated heterocycles. The van der Waals surface area contributed by atoms with Crippen molar-refractivity contribution in [2.75, 3.05) is 34.6 Å². The molecule has 0 spiro atoms. The van der Waals surface area contributed by atoms with Gasteiger partial charge in [-0.05, 0) is 41.8 Å². The van der Waals surface area contributed by atoms with Crippen molar-refractivity contribution in [3.05, 3.63) is 46.7 Å². The Morgan fingerprint density at radius 1 is 1.10 bits per heavy atom. The summed E-state index contributed by atoms with van der Waals surface area (Å²) in [4.78, 5) is 15.3. The van der Waals surface area contributed by atoms with E-state index in [1.807, 2.05) is 6.07 Å². The fraction of sp³-hybridized carbons (Fsp3) is 0.375. The van der Waals surface area contributed by atoms with E-state index in [1.54, 1.807) is 45.6 Å². The molecule has 0 radical (unpaired) electrons. The van der Waals surface area contributed by atoms with Gasteiger partial charge in [0.1, 0.15) is 18.2 Å². The van der Waals surface area contributed by atoms with Crippen LogP contribution in [0.25, 0.3) is 6.08 Å². The summed E-state index contributed by atoms with van der Waals surface area (Å²) in [6.45, 7) is 6.46. The van der Waals surface area contributed by atoms with Crippen molar-refractivity contribution < 1.29 is 28.5 Å². The lowest BCUT2D eigenvalue weighted by Gasteiger charge is -2.30. The molecule has 0 amide bonds. The van der Waals surface area contributed by atoms with Crippen LogP contribution in [-0.4, -0.2) is 45.3 Å². The highest BCUT2D eigenvalue weighted by Crippen LogP contribution is 2.43. The average Bonchev–Trinajstić information content (AvgIpc) is 3.08. The summed E-state index contributed by atoms with van der Waals surface area (Å²) < 4.78 is 28.2. The molecule has 2 aliphatic rings. The van der Waals surface area contributed by atoms with Gasteiger partial charge in [0.25, 0.3) is 0 Å². The van der Waals surface area contributed by atoms with Crippen LogP contribution in [-0.2, 0) is 6.54 Å². The van der Waals surface area contributed by atoms with E-state index in [9.17, 15) is 4.79 Å². The molecule has 2 aliphatic heterocycles. The summed E-state index contributed by atoms with van der Waals surface area (Å²) in [7, 11) is 4.65. The van der Waals surface area contributed by atoms with Gasteiger partial charge in [0.05, 0.1) is 32.5 Å². The summed E-state index contributed by atoms with van der Waals surface area (Å²) >= 11 is 0. The number of carbonyl (C=O) groups excluding carboxylic acids is 1. The molecule has 0 fully saturated rings. The van der Waals surface area contributed by atoms with E-state index in [0.717, 1.165) is 17.9 Å². The fourth-order valence-electron chi connectivity index (χ4n) is 3.97. The van der Waals surface area contributed by atoms with E-state index in [1.165, 1.54) is 0 Å². The van der Waals surface area contributed by atoms with Crippen molar-refractivity contribution >= 4 is 11.9 Å². The van der Waals surface area contributed by atoms with Crippen LogP contribution < -0.4 is 23.7 Å². The molecule has 2 aromatic rings. The van der Waals surface area contributed by atoms with Crippen LogP contribution in [0.2, 0.25) is 0 Å². The zero-order chi connectivity index (χ0) is 22.1. The summed E-state index contributed by atoms with van der Waals surface area (Å²) in [5.74, 6) is 3.45. The Hall–Kier alpha value is -3.19. The monoisotopic (exact) mass is 425 g/mol. The molecule has 2 heterocycles. The number of rotatable bonds is 6. The second-order valence-electron chi connectivity index (χ2n) is 8.00. The van der Waals surface area contributed by atoms with E-state index in [2.05, 4.69) is 18.7 Å². The van der Waals surface area contributed by atoms with Gasteiger partial charge in [0, 0.05) is 13.1 Å². The third-order valence-corrected chi connectivity index (χ3v) is 5.29. The lowest BCUT2D eigenvalue weighted by molar-refractivity contribution is 0.0832. The minimum atomic E-state index is -0.160. The maximum atomic E-state index is 13.0. The molecule has 0 aromatic heterocycles. The topological polar surface area (TPSA) is 66.5 Å². The second-order valence-corrected chi connectivity index (χ2v) is 8.00. The first-order valence-electron chi connectivity index (χ1n) is 10.2. The standard InChI is InChI=1S/C24H27NO6/c1-14(2)11-25-12-17-18(30-13-25)7-6-16-22(26)19(31-23(16)17)8-15-9-20(27-3)24(29-5)21(10-15)28-4/h6-10,14H,11-13H2,1-5H3/b19-8-. The Morgan fingerprint density at radius 3 is 2.42 bits per heavy atom. The molecule has 2 aromatic carbocycles. The quantitative estimate of drug-likeness (QED) is 0.645. The normalized spacial score (nSPS) is 16.6. The molecule has 0 atom stereocenters. The number of nitrogens with zero attached hydrogens (tertiary/aromatic N) is 1. The summed E-state index contributed by atoms with van der Waals surface area (Å²) in [6, 6.07) is 7.17. The van der Waals surface area contributed by atoms with E-state index >= 15 is 0 Å². The molecule has 7 nitrogen and oxygen atoms in total. The predicted molar refractivity (Wildman–Crippen MR) is 116 cm³/mol. The number of methoxy groups -OCH3 is 3. The number of hydrogen-bond acceptors (Lipinski definition) is 7. The van der Waals surface area contributed by atoms with Gasteiger partial charge in [-0.3, -0.25) is 9.69 Å². The van der Waals surface area contributed by atoms with Crippen molar-refractivity contribution in [3.63, 3.8) is 0 Å². The van der Waals surface area contributed by atoms with Crippen molar-refractivity contribution in [2.45, 2.75) is 20.4 Å². The van der Waals surface area contributed by atoms with Gasteiger partial charge in [-0.1, -0.05) is 13.8 Å². The molecule has 4 rings (SSSR count). The maximum absolute atomic E-state index is 13.0. The summed E-state index contributed by atoms with van der Waals surface area (Å²) in [6.07, 6.45) is 1.69. The molecule has 164 valence electrons. The number of fused-ring (bicyclic) bond motifs is 3. The molecular formula is C24H27NO6. The van der Waals surface area contributed by atoms with E-state index in [0.29, 0.717) is 53.3 Å². The molecule has 0 bridgehead atoms. The van der Waals surface area contributed by atoms with Crippen molar-refractivity contribution in [1.29, 1.82) is 0 Å². The highest BCUT2D eigenvalue weighted by atomic mass is 16.5. The van der Waals surface area contributed by atoms with Gasteiger partial charge in [0.15, 0.2) is 17.3 Å². The van der Waals surface area contributed by atoms with Gasteiger partial charge < -0.3 is 23.7 Å². The van der Waals surface area contributed by atoms with Crippen LogP contribution in [0.5, 0.6) is 28.7 Å². The first-order chi connectivity index (χ1) is 14.9. The number of benzene rings is 2. The van der Waals surface area contributed by atoms with E-state index < -0.39 is 0 Å². The SMILES string of the molecule is COc1cc(/C=C2\Oc3c(ccc4c3CN(CC(C)C)CO4)C2=O)cc(OC)c1OC. The van der Waals surface area contributed by atoms with Crippen LogP contribution in [0.1, 0.15) is 35.3 Å². The van der Waals surface area contributed by atoms with Gasteiger partial charge in [-0.2, -0.15) is 0 Å². The first kappa shape index (κ1) is 21.1. The average molecular weight is 425 g/mol. The molecule has 0 N–H and O–H groups in total. The third kappa shape index (κ3) is 3.93. The smallest absolute Gasteiger partial charge is 0.231 e. The zero-order valence-corrected chi connectivity index (χ0v) is 18.5. The van der Waals surface area contributed by atoms with Crippen molar-refractivity contribution in [2.24, 2.45) is 5.92 Å². The minimum absolute atomic E-state index is 0.160. The lowest BCUT2D eigenvalue weighted by atomic mass is 10.0. The maximum Gasteiger partial charge on any atom is 0.231 e. The zero-order valence-electron chi connectivity index (χ0n) is 18.5. The summed E-state index contributed by atoms with van der Waals surface area (Å²) in [5, 5.41) is 0. The lowest BCUT2D eigenvalue weighted by Crippen LogP contribution is -2.34. The second kappa shape index (κ2) is 8.51. The van der Waals surface area contributed by atoms with E-state index in [-0.39, 0.29) is 11.5 Å². The highest BCUT2D eigenvalue weighted by molar-refractivity contribution is 6.15.